The van der Waals surface area contributed by atoms with E-state index in [2.05, 4.69) is 12.1 Å². The molecule has 2 aromatic carbocycles. The predicted octanol–water partition coefficient (Wildman–Crippen LogP) is 2.75. The van der Waals surface area contributed by atoms with Gasteiger partial charge in [-0.25, -0.2) is 4.79 Å². The molecular weight excluding hydrogens is 224 g/mol. The maximum absolute atomic E-state index is 11.5. The second-order valence-corrected chi connectivity index (χ2v) is 4.51. The summed E-state index contributed by atoms with van der Waals surface area (Å²) in [4.78, 5) is 13.1. The van der Waals surface area contributed by atoms with Crippen LogP contribution in [0.15, 0.2) is 48.5 Å². The monoisotopic (exact) mass is 238 g/mol. The van der Waals surface area contributed by atoms with Crippen molar-refractivity contribution in [1.82, 2.24) is 4.90 Å². The smallest absolute Gasteiger partial charge is 0.315 e. The van der Waals surface area contributed by atoms with E-state index in [9.17, 15) is 4.79 Å². The molecule has 0 aromatic heterocycles. The van der Waals surface area contributed by atoms with Crippen molar-refractivity contribution >= 4 is 6.03 Å². The quantitative estimate of drug-likeness (QED) is 0.753. The summed E-state index contributed by atoms with van der Waals surface area (Å²) in [6, 6.07) is 15.9. The van der Waals surface area contributed by atoms with Gasteiger partial charge in [0.15, 0.2) is 0 Å². The van der Waals surface area contributed by atoms with Gasteiger partial charge in [0.25, 0.3) is 0 Å². The molecule has 3 nitrogen and oxygen atoms in total. The van der Waals surface area contributed by atoms with E-state index >= 15 is 0 Å². The lowest BCUT2D eigenvalue weighted by molar-refractivity contribution is 0.203. The molecule has 3 rings (SSSR count). The number of rotatable bonds is 0. The third-order valence-electron chi connectivity index (χ3n) is 3.36. The molecule has 0 spiro atoms. The highest BCUT2D eigenvalue weighted by Gasteiger charge is 2.20. The molecule has 0 saturated carbocycles. The molecule has 0 saturated heterocycles. The second-order valence-electron chi connectivity index (χ2n) is 4.51. The summed E-state index contributed by atoms with van der Waals surface area (Å²) >= 11 is 0. The number of fused-ring (bicyclic) bond motifs is 3. The number of primary amides is 1. The van der Waals surface area contributed by atoms with Crippen molar-refractivity contribution in [3.05, 3.63) is 59.7 Å². The summed E-state index contributed by atoms with van der Waals surface area (Å²) < 4.78 is 0. The van der Waals surface area contributed by atoms with Crippen molar-refractivity contribution in [3.63, 3.8) is 0 Å². The zero-order valence-electron chi connectivity index (χ0n) is 9.97. The molecule has 0 bridgehead atoms. The average Bonchev–Trinajstić information content (AvgIpc) is 2.55. The van der Waals surface area contributed by atoms with Gasteiger partial charge in [0.05, 0.1) is 0 Å². The first kappa shape index (κ1) is 10.8. The Kier molecular flexibility index (Phi) is 2.52. The molecule has 2 amide bonds. The van der Waals surface area contributed by atoms with Crippen molar-refractivity contribution in [1.29, 1.82) is 0 Å². The number of carbonyl (C=O) groups excluding carboxylic acids is 1. The SMILES string of the molecule is NC(=O)N1Cc2ccccc2-c2ccccc2C1. The number of hydrogen-bond acceptors (Lipinski definition) is 1. The minimum atomic E-state index is -0.374. The first-order valence-electron chi connectivity index (χ1n) is 5.96. The Morgan fingerprint density at radius 1 is 0.889 bits per heavy atom. The summed E-state index contributed by atoms with van der Waals surface area (Å²) in [5, 5.41) is 0. The number of benzene rings is 2. The molecule has 0 aliphatic carbocycles. The number of nitrogens with zero attached hydrogens (tertiary/aromatic N) is 1. The lowest BCUT2D eigenvalue weighted by Crippen LogP contribution is -2.34. The van der Waals surface area contributed by atoms with Gasteiger partial charge in [-0.3, -0.25) is 0 Å². The molecule has 1 aliphatic heterocycles. The van der Waals surface area contributed by atoms with Crippen LogP contribution >= 0.6 is 0 Å². The Labute approximate surface area is 106 Å². The van der Waals surface area contributed by atoms with Crippen LogP contribution < -0.4 is 5.73 Å². The van der Waals surface area contributed by atoms with Crippen molar-refractivity contribution < 1.29 is 4.79 Å². The molecule has 18 heavy (non-hydrogen) atoms. The summed E-state index contributed by atoms with van der Waals surface area (Å²) in [5.41, 5.74) is 10.1. The van der Waals surface area contributed by atoms with Gasteiger partial charge < -0.3 is 10.6 Å². The third kappa shape index (κ3) is 1.74. The highest BCUT2D eigenvalue weighted by molar-refractivity contribution is 5.76. The molecule has 1 aliphatic rings. The number of hydrogen-bond donors (Lipinski definition) is 1. The van der Waals surface area contributed by atoms with E-state index in [1.165, 1.54) is 11.1 Å². The Morgan fingerprint density at radius 3 is 1.78 bits per heavy atom. The van der Waals surface area contributed by atoms with Crippen molar-refractivity contribution in [2.75, 3.05) is 0 Å². The first-order chi connectivity index (χ1) is 8.75. The fourth-order valence-electron chi connectivity index (χ4n) is 2.46. The van der Waals surface area contributed by atoms with Crippen LogP contribution in [-0.2, 0) is 13.1 Å². The van der Waals surface area contributed by atoms with Gasteiger partial charge in [0, 0.05) is 13.1 Å². The lowest BCUT2D eigenvalue weighted by Gasteiger charge is -2.18. The van der Waals surface area contributed by atoms with Crippen LogP contribution in [0.5, 0.6) is 0 Å². The zero-order chi connectivity index (χ0) is 12.5. The van der Waals surface area contributed by atoms with Gasteiger partial charge in [-0.2, -0.15) is 0 Å². The number of nitrogens with two attached hydrogens (primary N) is 1. The lowest BCUT2D eigenvalue weighted by atomic mass is 9.97. The summed E-state index contributed by atoms with van der Waals surface area (Å²) in [6.45, 7) is 1.14. The minimum absolute atomic E-state index is 0.374. The summed E-state index contributed by atoms with van der Waals surface area (Å²) in [5.74, 6) is 0. The van der Waals surface area contributed by atoms with E-state index in [4.69, 9.17) is 5.73 Å². The standard InChI is InChI=1S/C15H14N2O/c16-15(18)17-9-11-5-1-3-7-13(11)14-8-4-2-6-12(14)10-17/h1-8H,9-10H2,(H2,16,18). The van der Waals surface area contributed by atoms with Crippen LogP contribution in [0, 0.1) is 0 Å². The Balaban J connectivity index is 2.21. The van der Waals surface area contributed by atoms with Crippen LogP contribution in [-0.4, -0.2) is 10.9 Å². The average molecular weight is 238 g/mol. The van der Waals surface area contributed by atoms with Gasteiger partial charge in [-0.05, 0) is 22.3 Å². The number of amides is 2. The van der Waals surface area contributed by atoms with E-state index in [0.29, 0.717) is 13.1 Å². The number of urea groups is 1. The van der Waals surface area contributed by atoms with Gasteiger partial charge in [0.2, 0.25) is 0 Å². The largest absolute Gasteiger partial charge is 0.351 e. The molecule has 2 N–H and O–H groups in total. The van der Waals surface area contributed by atoms with Crippen molar-refractivity contribution in [2.24, 2.45) is 5.73 Å². The van der Waals surface area contributed by atoms with Gasteiger partial charge in [-0.1, -0.05) is 48.5 Å². The summed E-state index contributed by atoms with van der Waals surface area (Å²) in [6.07, 6.45) is 0. The van der Waals surface area contributed by atoms with E-state index in [0.717, 1.165) is 11.1 Å². The van der Waals surface area contributed by atoms with Crippen molar-refractivity contribution in [2.45, 2.75) is 13.1 Å². The third-order valence-corrected chi connectivity index (χ3v) is 3.36. The fourth-order valence-corrected chi connectivity index (χ4v) is 2.46. The van der Waals surface area contributed by atoms with Gasteiger partial charge in [-0.15, -0.1) is 0 Å². The molecule has 0 radical (unpaired) electrons. The Bertz CT molecular complexity index is 559. The molecule has 0 atom stereocenters. The van der Waals surface area contributed by atoms with Gasteiger partial charge in [0.1, 0.15) is 0 Å². The molecule has 2 aromatic rings. The molecule has 0 unspecified atom stereocenters. The molecule has 1 heterocycles. The molecule has 3 heteroatoms. The predicted molar refractivity (Wildman–Crippen MR) is 70.7 cm³/mol. The molecule has 0 fully saturated rings. The second kappa shape index (κ2) is 4.18. The highest BCUT2D eigenvalue weighted by Crippen LogP contribution is 2.32. The Hall–Kier alpha value is -2.29. The zero-order valence-corrected chi connectivity index (χ0v) is 9.97. The van der Waals surface area contributed by atoms with E-state index < -0.39 is 0 Å². The van der Waals surface area contributed by atoms with Crippen molar-refractivity contribution in [3.8, 4) is 11.1 Å². The van der Waals surface area contributed by atoms with E-state index in [-0.39, 0.29) is 6.03 Å². The van der Waals surface area contributed by atoms with E-state index in [1.54, 1.807) is 4.90 Å². The van der Waals surface area contributed by atoms with Crippen LogP contribution in [0.3, 0.4) is 0 Å². The minimum Gasteiger partial charge on any atom is -0.351 e. The summed E-state index contributed by atoms with van der Waals surface area (Å²) in [7, 11) is 0. The topological polar surface area (TPSA) is 46.3 Å². The van der Waals surface area contributed by atoms with Crippen LogP contribution in [0.25, 0.3) is 11.1 Å². The van der Waals surface area contributed by atoms with Crippen LogP contribution in [0.4, 0.5) is 4.79 Å². The normalized spacial score (nSPS) is 13.4. The maximum atomic E-state index is 11.5. The fraction of sp³-hybridized carbons (Fsp3) is 0.133. The molecular formula is C15H14N2O. The van der Waals surface area contributed by atoms with Crippen LogP contribution in [0.1, 0.15) is 11.1 Å². The first-order valence-corrected chi connectivity index (χ1v) is 5.96. The van der Waals surface area contributed by atoms with Gasteiger partial charge >= 0.3 is 6.03 Å². The Morgan fingerprint density at radius 2 is 1.33 bits per heavy atom. The maximum Gasteiger partial charge on any atom is 0.315 e. The van der Waals surface area contributed by atoms with E-state index in [1.807, 2.05) is 36.4 Å². The number of carbonyl (C=O) groups is 1. The van der Waals surface area contributed by atoms with Crippen LogP contribution in [0.2, 0.25) is 0 Å². The molecule has 90 valence electrons. The highest BCUT2D eigenvalue weighted by atomic mass is 16.2.